The zero-order valence-electron chi connectivity index (χ0n) is 23.7. The van der Waals surface area contributed by atoms with Crippen LogP contribution >= 0.6 is 15.9 Å². The molecule has 0 aromatic heterocycles. The fourth-order valence-corrected chi connectivity index (χ4v) is 6.47. The Balaban J connectivity index is 1.78. The van der Waals surface area contributed by atoms with Crippen LogP contribution in [-0.2, 0) is 32.6 Å². The first-order valence-electron chi connectivity index (χ1n) is 13.9. The van der Waals surface area contributed by atoms with Crippen molar-refractivity contribution in [3.05, 3.63) is 131 Å². The van der Waals surface area contributed by atoms with Crippen LogP contribution in [0, 0.1) is 5.82 Å². The third-order valence-electron chi connectivity index (χ3n) is 6.79. The monoisotopic (exact) mass is 665 g/mol. The number of nitrogens with one attached hydrogen (secondary N) is 1. The predicted octanol–water partition coefficient (Wildman–Crippen LogP) is 5.95. The summed E-state index contributed by atoms with van der Waals surface area (Å²) in [6.45, 7) is 1.85. The summed E-state index contributed by atoms with van der Waals surface area (Å²) in [5.74, 6) is -1.48. The second-order valence-corrected chi connectivity index (χ2v) is 12.7. The number of amides is 2. The van der Waals surface area contributed by atoms with Gasteiger partial charge in [-0.15, -0.1) is 0 Å². The summed E-state index contributed by atoms with van der Waals surface area (Å²) in [7, 11) is -4.29. The number of sulfonamides is 1. The topological polar surface area (TPSA) is 86.8 Å². The Hall–Kier alpha value is -4.02. The van der Waals surface area contributed by atoms with Crippen molar-refractivity contribution in [1.29, 1.82) is 0 Å². The van der Waals surface area contributed by atoms with Crippen molar-refractivity contribution in [1.82, 2.24) is 10.2 Å². The van der Waals surface area contributed by atoms with E-state index in [4.69, 9.17) is 0 Å². The largest absolute Gasteiger partial charge is 0.354 e. The van der Waals surface area contributed by atoms with Gasteiger partial charge in [0.15, 0.2) is 0 Å². The molecule has 0 unspecified atom stereocenters. The molecule has 0 heterocycles. The number of hydrogen-bond donors (Lipinski definition) is 1. The number of carbonyl (C=O) groups excluding carboxylic acids is 2. The van der Waals surface area contributed by atoms with E-state index in [1.54, 1.807) is 30.3 Å². The van der Waals surface area contributed by atoms with Crippen molar-refractivity contribution in [3.8, 4) is 0 Å². The van der Waals surface area contributed by atoms with Crippen LogP contribution in [0.4, 0.5) is 10.1 Å². The molecule has 7 nitrogen and oxygen atoms in total. The van der Waals surface area contributed by atoms with E-state index in [2.05, 4.69) is 21.2 Å². The van der Waals surface area contributed by atoms with Crippen molar-refractivity contribution < 1.29 is 22.4 Å². The molecule has 0 saturated heterocycles. The quantitative estimate of drug-likeness (QED) is 0.191. The number of nitrogens with zero attached hydrogens (tertiary/aromatic N) is 2. The van der Waals surface area contributed by atoms with Gasteiger partial charge in [-0.2, -0.15) is 0 Å². The number of carbonyl (C=O) groups is 2. The second kappa shape index (κ2) is 14.9. The molecule has 43 heavy (non-hydrogen) atoms. The maximum Gasteiger partial charge on any atom is 0.264 e. The fraction of sp³-hybridized carbons (Fsp3) is 0.212. The molecule has 0 aliphatic heterocycles. The Kier molecular flexibility index (Phi) is 11.1. The van der Waals surface area contributed by atoms with Crippen LogP contribution in [0.5, 0.6) is 0 Å². The molecule has 0 bridgehead atoms. The molecule has 0 radical (unpaired) electrons. The Morgan fingerprint density at radius 1 is 0.860 bits per heavy atom. The number of anilines is 1. The first kappa shape index (κ1) is 31.9. The molecule has 4 aromatic rings. The number of halogens is 2. The molecule has 0 fully saturated rings. The highest BCUT2D eigenvalue weighted by molar-refractivity contribution is 9.10. The SMILES string of the molecule is CCCNC(=O)[C@H](Cc1ccccc1)N(Cc1cccc(Br)c1)C(=O)CN(c1ccccc1)S(=O)(=O)c1ccc(F)cc1. The van der Waals surface area contributed by atoms with E-state index in [1.165, 1.54) is 17.0 Å². The Labute approximate surface area is 260 Å². The Morgan fingerprint density at radius 3 is 2.12 bits per heavy atom. The Morgan fingerprint density at radius 2 is 1.49 bits per heavy atom. The van der Waals surface area contributed by atoms with E-state index in [9.17, 15) is 22.4 Å². The third kappa shape index (κ3) is 8.52. The minimum absolute atomic E-state index is 0.0640. The van der Waals surface area contributed by atoms with E-state index in [0.717, 1.165) is 32.0 Å². The van der Waals surface area contributed by atoms with Gasteiger partial charge in [0.25, 0.3) is 10.0 Å². The lowest BCUT2D eigenvalue weighted by Crippen LogP contribution is -2.53. The van der Waals surface area contributed by atoms with Gasteiger partial charge in [0.1, 0.15) is 18.4 Å². The lowest BCUT2D eigenvalue weighted by molar-refractivity contribution is -0.140. The number of benzene rings is 4. The zero-order valence-corrected chi connectivity index (χ0v) is 26.1. The highest BCUT2D eigenvalue weighted by atomic mass is 79.9. The lowest BCUT2D eigenvalue weighted by atomic mass is 10.0. The molecule has 0 aliphatic carbocycles. The predicted molar refractivity (Wildman–Crippen MR) is 169 cm³/mol. The summed E-state index contributed by atoms with van der Waals surface area (Å²) in [5.41, 5.74) is 1.87. The van der Waals surface area contributed by atoms with Crippen LogP contribution in [0.3, 0.4) is 0 Å². The van der Waals surface area contributed by atoms with Crippen molar-refractivity contribution in [2.45, 2.75) is 37.2 Å². The Bertz CT molecular complexity index is 1620. The average molecular weight is 667 g/mol. The minimum Gasteiger partial charge on any atom is -0.354 e. The second-order valence-electron chi connectivity index (χ2n) is 9.95. The van der Waals surface area contributed by atoms with Crippen LogP contribution in [0.15, 0.2) is 119 Å². The summed E-state index contributed by atoms with van der Waals surface area (Å²) < 4.78 is 43.3. The molecule has 4 aromatic carbocycles. The van der Waals surface area contributed by atoms with Crippen LogP contribution in [-0.4, -0.2) is 44.3 Å². The highest BCUT2D eigenvalue weighted by Crippen LogP contribution is 2.25. The first-order valence-corrected chi connectivity index (χ1v) is 16.1. The van der Waals surface area contributed by atoms with Gasteiger partial charge in [-0.1, -0.05) is 83.5 Å². The standard InChI is InChI=1S/C33H33BrFN3O4S/c1-2-20-36-33(40)31(22-25-10-5-3-6-11-25)37(23-26-12-9-13-27(34)21-26)32(39)24-38(29-14-7-4-8-15-29)43(41,42)30-18-16-28(35)17-19-30/h3-19,21,31H,2,20,22-24H2,1H3,(H,36,40)/t31-/m0/s1. The third-order valence-corrected chi connectivity index (χ3v) is 9.07. The van der Waals surface area contributed by atoms with Crippen molar-refractivity contribution in [3.63, 3.8) is 0 Å². The van der Waals surface area contributed by atoms with Crippen LogP contribution < -0.4 is 9.62 Å². The fourth-order valence-electron chi connectivity index (χ4n) is 4.61. The molecular formula is C33H33BrFN3O4S. The lowest BCUT2D eigenvalue weighted by Gasteiger charge is -2.34. The van der Waals surface area contributed by atoms with Crippen molar-refractivity contribution in [2.24, 2.45) is 0 Å². The molecule has 2 amide bonds. The molecule has 10 heteroatoms. The molecule has 0 saturated carbocycles. The maximum atomic E-state index is 14.3. The number of hydrogen-bond acceptors (Lipinski definition) is 4. The average Bonchev–Trinajstić information content (AvgIpc) is 3.01. The summed E-state index contributed by atoms with van der Waals surface area (Å²) in [6.07, 6.45) is 0.938. The highest BCUT2D eigenvalue weighted by Gasteiger charge is 2.34. The van der Waals surface area contributed by atoms with Crippen LogP contribution in [0.1, 0.15) is 24.5 Å². The normalized spacial score (nSPS) is 11.9. The van der Waals surface area contributed by atoms with E-state index in [1.807, 2.05) is 61.5 Å². The van der Waals surface area contributed by atoms with Gasteiger partial charge in [-0.3, -0.25) is 13.9 Å². The number of rotatable bonds is 13. The van der Waals surface area contributed by atoms with Gasteiger partial charge in [0.2, 0.25) is 11.8 Å². The van der Waals surface area contributed by atoms with E-state index >= 15 is 0 Å². The molecule has 4 rings (SSSR count). The van der Waals surface area contributed by atoms with Gasteiger partial charge >= 0.3 is 0 Å². The molecular weight excluding hydrogens is 633 g/mol. The van der Waals surface area contributed by atoms with E-state index in [-0.39, 0.29) is 29.5 Å². The van der Waals surface area contributed by atoms with E-state index < -0.39 is 34.3 Å². The minimum atomic E-state index is -4.29. The van der Waals surface area contributed by atoms with Crippen molar-refractivity contribution in [2.75, 3.05) is 17.4 Å². The van der Waals surface area contributed by atoms with Crippen molar-refractivity contribution >= 4 is 43.5 Å². The zero-order chi connectivity index (χ0) is 30.8. The summed E-state index contributed by atoms with van der Waals surface area (Å²) in [5, 5.41) is 2.92. The van der Waals surface area contributed by atoms with Gasteiger partial charge in [0, 0.05) is 24.0 Å². The molecule has 1 atom stereocenters. The van der Waals surface area contributed by atoms with Gasteiger partial charge in [-0.05, 0) is 66.1 Å². The van der Waals surface area contributed by atoms with Gasteiger partial charge < -0.3 is 10.2 Å². The molecule has 0 spiro atoms. The summed E-state index contributed by atoms with van der Waals surface area (Å²) >= 11 is 3.47. The van der Waals surface area contributed by atoms with Gasteiger partial charge in [0.05, 0.1) is 10.6 Å². The molecule has 0 aliphatic rings. The first-order chi connectivity index (χ1) is 20.7. The smallest absolute Gasteiger partial charge is 0.264 e. The van der Waals surface area contributed by atoms with Crippen LogP contribution in [0.2, 0.25) is 0 Å². The molecule has 224 valence electrons. The number of para-hydroxylation sites is 1. The summed E-state index contributed by atoms with van der Waals surface area (Å²) in [6, 6.07) is 28.5. The van der Waals surface area contributed by atoms with E-state index in [0.29, 0.717) is 13.0 Å². The van der Waals surface area contributed by atoms with Crippen LogP contribution in [0.25, 0.3) is 0 Å². The molecule has 1 N–H and O–H groups in total. The maximum absolute atomic E-state index is 14.3. The summed E-state index contributed by atoms with van der Waals surface area (Å²) in [4.78, 5) is 29.2. The van der Waals surface area contributed by atoms with Gasteiger partial charge in [-0.25, -0.2) is 12.8 Å².